The number of amides is 2. The lowest BCUT2D eigenvalue weighted by atomic mass is 10.1. The molecule has 2 saturated heterocycles. The Labute approximate surface area is 123 Å². The summed E-state index contributed by atoms with van der Waals surface area (Å²) in [7, 11) is 0. The minimum atomic E-state index is -0.318. The van der Waals surface area contributed by atoms with E-state index in [0.29, 0.717) is 25.9 Å². The number of carbonyl (C=O) groups excluding carboxylic acids is 2. The molecule has 1 aromatic heterocycles. The highest BCUT2D eigenvalue weighted by Gasteiger charge is 2.32. The van der Waals surface area contributed by atoms with E-state index in [9.17, 15) is 9.59 Å². The predicted molar refractivity (Wildman–Crippen MR) is 78.0 cm³/mol. The second-order valence-electron chi connectivity index (χ2n) is 5.75. The Hall–Kier alpha value is -2.05. The van der Waals surface area contributed by atoms with E-state index in [0.717, 1.165) is 30.2 Å². The normalized spacial score (nSPS) is 22.6. The number of H-pyrrole nitrogens is 1. The minimum Gasteiger partial charge on any atom is -0.365 e. The Balaban J connectivity index is 1.60. The molecule has 0 aliphatic carbocycles. The van der Waals surface area contributed by atoms with Crippen LogP contribution in [-0.2, 0) is 9.59 Å². The SMILES string of the molecule is Cc1n[nH]c(C)c1N1CCN(C(=O)C2CCC(=O)N2)CC1. The molecule has 2 amide bonds. The average molecular weight is 291 g/mol. The average Bonchev–Trinajstić information content (AvgIpc) is 3.05. The van der Waals surface area contributed by atoms with Crippen molar-refractivity contribution in [2.45, 2.75) is 32.7 Å². The van der Waals surface area contributed by atoms with Gasteiger partial charge in [-0.1, -0.05) is 0 Å². The van der Waals surface area contributed by atoms with Crippen molar-refractivity contribution in [2.24, 2.45) is 0 Å². The van der Waals surface area contributed by atoms with Gasteiger partial charge in [0.2, 0.25) is 11.8 Å². The van der Waals surface area contributed by atoms with Gasteiger partial charge in [0.25, 0.3) is 0 Å². The number of anilines is 1. The number of aromatic nitrogens is 2. The number of nitrogens with zero attached hydrogens (tertiary/aromatic N) is 3. The number of rotatable bonds is 2. The molecule has 2 N–H and O–H groups in total. The molecule has 1 unspecified atom stereocenters. The smallest absolute Gasteiger partial charge is 0.245 e. The Bertz CT molecular complexity index is 540. The number of hydrogen-bond acceptors (Lipinski definition) is 4. The first-order valence-electron chi connectivity index (χ1n) is 7.41. The standard InChI is InChI=1S/C14H21N5O2/c1-9-13(10(2)17-16-9)18-5-7-19(8-6-18)14(21)11-3-4-12(20)15-11/h11H,3-8H2,1-2H3,(H,15,20)(H,16,17). The lowest BCUT2D eigenvalue weighted by Crippen LogP contribution is -2.53. The van der Waals surface area contributed by atoms with E-state index in [2.05, 4.69) is 20.4 Å². The molecule has 0 bridgehead atoms. The molecular formula is C14H21N5O2. The van der Waals surface area contributed by atoms with Gasteiger partial charge in [0.05, 0.1) is 17.1 Å². The van der Waals surface area contributed by atoms with E-state index in [1.54, 1.807) is 0 Å². The first-order valence-corrected chi connectivity index (χ1v) is 7.41. The van der Waals surface area contributed by atoms with Crippen LogP contribution < -0.4 is 10.2 Å². The van der Waals surface area contributed by atoms with E-state index in [1.807, 2.05) is 18.7 Å². The van der Waals surface area contributed by atoms with Gasteiger partial charge in [-0.3, -0.25) is 14.7 Å². The summed E-state index contributed by atoms with van der Waals surface area (Å²) < 4.78 is 0. The van der Waals surface area contributed by atoms with Crippen LogP contribution in [0.5, 0.6) is 0 Å². The summed E-state index contributed by atoms with van der Waals surface area (Å²) in [6.45, 7) is 6.98. The molecule has 7 heteroatoms. The van der Waals surface area contributed by atoms with Crippen LogP contribution in [0.1, 0.15) is 24.2 Å². The van der Waals surface area contributed by atoms with Crippen molar-refractivity contribution < 1.29 is 9.59 Å². The van der Waals surface area contributed by atoms with Gasteiger partial charge in [0.15, 0.2) is 0 Å². The van der Waals surface area contributed by atoms with Gasteiger partial charge >= 0.3 is 0 Å². The van der Waals surface area contributed by atoms with E-state index in [4.69, 9.17) is 0 Å². The Morgan fingerprint density at radius 3 is 2.48 bits per heavy atom. The van der Waals surface area contributed by atoms with Crippen LogP contribution in [0, 0.1) is 13.8 Å². The van der Waals surface area contributed by atoms with Crippen LogP contribution in [0.2, 0.25) is 0 Å². The topological polar surface area (TPSA) is 81.3 Å². The molecule has 1 aromatic rings. The number of aryl methyl sites for hydroxylation is 2. The van der Waals surface area contributed by atoms with E-state index < -0.39 is 0 Å². The maximum atomic E-state index is 12.3. The molecule has 1 atom stereocenters. The largest absolute Gasteiger partial charge is 0.365 e. The van der Waals surface area contributed by atoms with Crippen LogP contribution in [0.15, 0.2) is 0 Å². The molecule has 0 radical (unpaired) electrons. The molecule has 3 heterocycles. The lowest BCUT2D eigenvalue weighted by Gasteiger charge is -2.37. The van der Waals surface area contributed by atoms with Crippen molar-refractivity contribution in [3.63, 3.8) is 0 Å². The van der Waals surface area contributed by atoms with Crippen molar-refractivity contribution in [1.82, 2.24) is 20.4 Å². The van der Waals surface area contributed by atoms with Crippen molar-refractivity contribution in [3.8, 4) is 0 Å². The number of aromatic amines is 1. The highest BCUT2D eigenvalue weighted by atomic mass is 16.2. The fourth-order valence-electron chi connectivity index (χ4n) is 3.18. The number of carbonyl (C=O) groups is 2. The van der Waals surface area contributed by atoms with Crippen molar-refractivity contribution in [1.29, 1.82) is 0 Å². The van der Waals surface area contributed by atoms with Crippen molar-refractivity contribution in [2.75, 3.05) is 31.1 Å². The Morgan fingerprint density at radius 2 is 1.95 bits per heavy atom. The second kappa shape index (κ2) is 5.38. The minimum absolute atomic E-state index is 0.0170. The number of hydrogen-bond donors (Lipinski definition) is 2. The molecular weight excluding hydrogens is 270 g/mol. The highest BCUT2D eigenvalue weighted by Crippen LogP contribution is 2.23. The first kappa shape index (κ1) is 13.9. The molecule has 114 valence electrons. The van der Waals surface area contributed by atoms with Gasteiger partial charge < -0.3 is 15.1 Å². The quantitative estimate of drug-likeness (QED) is 0.801. The monoisotopic (exact) mass is 291 g/mol. The molecule has 7 nitrogen and oxygen atoms in total. The van der Waals surface area contributed by atoms with Crippen molar-refractivity contribution in [3.05, 3.63) is 11.4 Å². The number of piperazine rings is 1. The number of nitrogens with one attached hydrogen (secondary N) is 2. The molecule has 2 aliphatic rings. The first-order chi connectivity index (χ1) is 10.1. The molecule has 3 rings (SSSR count). The third kappa shape index (κ3) is 2.59. The van der Waals surface area contributed by atoms with Crippen LogP contribution >= 0.6 is 0 Å². The Morgan fingerprint density at radius 1 is 1.24 bits per heavy atom. The zero-order chi connectivity index (χ0) is 15.0. The maximum absolute atomic E-state index is 12.3. The lowest BCUT2D eigenvalue weighted by molar-refractivity contribution is -0.134. The molecule has 0 saturated carbocycles. The summed E-state index contributed by atoms with van der Waals surface area (Å²) in [6, 6.07) is -0.318. The zero-order valence-electron chi connectivity index (χ0n) is 12.5. The summed E-state index contributed by atoms with van der Waals surface area (Å²) in [5.41, 5.74) is 3.21. The van der Waals surface area contributed by atoms with Crippen molar-refractivity contribution >= 4 is 17.5 Å². The molecule has 0 aromatic carbocycles. The van der Waals surface area contributed by atoms with Crippen LogP contribution in [0.3, 0.4) is 0 Å². The predicted octanol–water partition coefficient (Wildman–Crippen LogP) is -0.0463. The van der Waals surface area contributed by atoms with Crippen LogP contribution in [0.25, 0.3) is 0 Å². The van der Waals surface area contributed by atoms with E-state index >= 15 is 0 Å². The van der Waals surface area contributed by atoms with E-state index in [1.165, 1.54) is 0 Å². The van der Waals surface area contributed by atoms with Gasteiger partial charge in [-0.2, -0.15) is 5.10 Å². The zero-order valence-corrected chi connectivity index (χ0v) is 12.5. The van der Waals surface area contributed by atoms with Gasteiger partial charge in [0.1, 0.15) is 6.04 Å². The van der Waals surface area contributed by atoms with Gasteiger partial charge in [-0.05, 0) is 20.3 Å². The summed E-state index contributed by atoms with van der Waals surface area (Å²) in [6.07, 6.45) is 1.08. The van der Waals surface area contributed by atoms with Gasteiger partial charge in [0, 0.05) is 32.6 Å². The van der Waals surface area contributed by atoms with Gasteiger partial charge in [-0.25, -0.2) is 0 Å². The summed E-state index contributed by atoms with van der Waals surface area (Å²) in [5, 5.41) is 9.97. The second-order valence-corrected chi connectivity index (χ2v) is 5.75. The van der Waals surface area contributed by atoms with Crippen LogP contribution in [-0.4, -0.2) is 59.1 Å². The Kier molecular flexibility index (Phi) is 3.57. The summed E-state index contributed by atoms with van der Waals surface area (Å²) >= 11 is 0. The van der Waals surface area contributed by atoms with Crippen LogP contribution in [0.4, 0.5) is 5.69 Å². The molecule has 2 aliphatic heterocycles. The van der Waals surface area contributed by atoms with E-state index in [-0.39, 0.29) is 17.9 Å². The summed E-state index contributed by atoms with van der Waals surface area (Å²) in [4.78, 5) is 27.7. The third-order valence-corrected chi connectivity index (χ3v) is 4.29. The third-order valence-electron chi connectivity index (χ3n) is 4.29. The molecule has 0 spiro atoms. The molecule has 2 fully saturated rings. The molecule has 21 heavy (non-hydrogen) atoms. The highest BCUT2D eigenvalue weighted by molar-refractivity contribution is 5.90. The maximum Gasteiger partial charge on any atom is 0.245 e. The van der Waals surface area contributed by atoms with Gasteiger partial charge in [-0.15, -0.1) is 0 Å². The fourth-order valence-corrected chi connectivity index (χ4v) is 3.18. The summed E-state index contributed by atoms with van der Waals surface area (Å²) in [5.74, 6) is 0.0396. The fraction of sp³-hybridized carbons (Fsp3) is 0.643.